The second kappa shape index (κ2) is 8.45. The number of aromatic nitrogens is 1. The predicted octanol–water partition coefficient (Wildman–Crippen LogP) is 5.27. The number of hydrogen-bond donors (Lipinski definition) is 2. The Balaban J connectivity index is 1.62. The minimum absolute atomic E-state index is 0.172. The van der Waals surface area contributed by atoms with Crippen LogP contribution in [-0.4, -0.2) is 10.9 Å². The van der Waals surface area contributed by atoms with Gasteiger partial charge in [0.25, 0.3) is 0 Å². The Labute approximate surface area is 158 Å². The SMILES string of the molecule is CC(C)c1ccccc1Nc1ccc(NC(=O)Cc2ccc(F)cc2)cn1. The van der Waals surface area contributed by atoms with Crippen LogP contribution in [0.4, 0.5) is 21.6 Å². The van der Waals surface area contributed by atoms with E-state index in [0.717, 1.165) is 11.3 Å². The van der Waals surface area contributed by atoms with Crippen molar-refractivity contribution in [2.75, 3.05) is 10.6 Å². The van der Waals surface area contributed by atoms with E-state index in [1.807, 2.05) is 24.3 Å². The summed E-state index contributed by atoms with van der Waals surface area (Å²) in [6.07, 6.45) is 1.80. The van der Waals surface area contributed by atoms with E-state index < -0.39 is 0 Å². The first-order chi connectivity index (χ1) is 13.0. The zero-order chi connectivity index (χ0) is 19.2. The van der Waals surface area contributed by atoms with Gasteiger partial charge in [0, 0.05) is 5.69 Å². The molecule has 0 saturated heterocycles. The molecule has 1 aromatic heterocycles. The lowest BCUT2D eigenvalue weighted by atomic mass is 10.0. The van der Waals surface area contributed by atoms with Crippen molar-refractivity contribution in [3.05, 3.63) is 83.8 Å². The van der Waals surface area contributed by atoms with Crippen LogP contribution in [0, 0.1) is 5.82 Å². The topological polar surface area (TPSA) is 54.0 Å². The number of carbonyl (C=O) groups is 1. The number of nitrogens with zero attached hydrogens (tertiary/aromatic N) is 1. The van der Waals surface area contributed by atoms with Crippen LogP contribution in [0.1, 0.15) is 30.9 Å². The molecule has 2 N–H and O–H groups in total. The number of benzene rings is 2. The van der Waals surface area contributed by atoms with Crippen molar-refractivity contribution in [3.8, 4) is 0 Å². The molecule has 4 nitrogen and oxygen atoms in total. The zero-order valence-corrected chi connectivity index (χ0v) is 15.4. The molecule has 0 spiro atoms. The summed E-state index contributed by atoms with van der Waals surface area (Å²) in [4.78, 5) is 16.5. The molecule has 0 atom stereocenters. The van der Waals surface area contributed by atoms with Crippen molar-refractivity contribution in [1.29, 1.82) is 0 Å². The quantitative estimate of drug-likeness (QED) is 0.627. The Kier molecular flexibility index (Phi) is 5.81. The summed E-state index contributed by atoms with van der Waals surface area (Å²) >= 11 is 0. The number of amides is 1. The van der Waals surface area contributed by atoms with Crippen molar-refractivity contribution < 1.29 is 9.18 Å². The van der Waals surface area contributed by atoms with E-state index >= 15 is 0 Å². The van der Waals surface area contributed by atoms with E-state index in [1.54, 1.807) is 24.4 Å². The Morgan fingerprint density at radius 1 is 1.04 bits per heavy atom. The molecule has 0 saturated carbocycles. The molecule has 0 radical (unpaired) electrons. The molecule has 3 rings (SSSR count). The molecule has 0 bridgehead atoms. The highest BCUT2D eigenvalue weighted by atomic mass is 19.1. The lowest BCUT2D eigenvalue weighted by Gasteiger charge is -2.14. The van der Waals surface area contributed by atoms with Gasteiger partial charge in [-0.3, -0.25) is 4.79 Å². The molecule has 0 fully saturated rings. The standard InChI is InChI=1S/C22H22FN3O/c1-15(2)19-5-3-4-6-20(19)26-21-12-11-18(14-24-21)25-22(27)13-16-7-9-17(23)10-8-16/h3-12,14-15H,13H2,1-2H3,(H,24,26)(H,25,27). The molecule has 2 aromatic carbocycles. The lowest BCUT2D eigenvalue weighted by molar-refractivity contribution is -0.115. The molecule has 0 unspecified atom stereocenters. The fraction of sp³-hybridized carbons (Fsp3) is 0.182. The second-order valence-electron chi connectivity index (χ2n) is 6.65. The number of para-hydroxylation sites is 1. The Hall–Kier alpha value is -3.21. The number of hydrogen-bond acceptors (Lipinski definition) is 3. The first-order valence-corrected chi connectivity index (χ1v) is 8.87. The first kappa shape index (κ1) is 18.6. The van der Waals surface area contributed by atoms with Crippen LogP contribution in [0.15, 0.2) is 66.9 Å². The number of nitrogens with one attached hydrogen (secondary N) is 2. The summed E-state index contributed by atoms with van der Waals surface area (Å²) in [5.41, 5.74) is 3.61. The largest absolute Gasteiger partial charge is 0.340 e. The van der Waals surface area contributed by atoms with E-state index in [4.69, 9.17) is 0 Å². The van der Waals surface area contributed by atoms with Crippen LogP contribution in [0.2, 0.25) is 0 Å². The summed E-state index contributed by atoms with van der Waals surface area (Å²) in [5.74, 6) is 0.623. The third-order valence-electron chi connectivity index (χ3n) is 4.17. The molecule has 0 aliphatic carbocycles. The molecule has 3 aromatic rings. The number of rotatable bonds is 6. The van der Waals surface area contributed by atoms with Crippen molar-refractivity contribution >= 4 is 23.1 Å². The van der Waals surface area contributed by atoms with E-state index in [1.165, 1.54) is 17.7 Å². The summed E-state index contributed by atoms with van der Waals surface area (Å²) in [7, 11) is 0. The minimum atomic E-state index is -0.314. The Bertz CT molecular complexity index is 906. The van der Waals surface area contributed by atoms with Gasteiger partial charge >= 0.3 is 0 Å². The van der Waals surface area contributed by atoms with Crippen molar-refractivity contribution in [2.24, 2.45) is 0 Å². The molecule has 1 heterocycles. The maximum atomic E-state index is 12.9. The molecule has 138 valence electrons. The average molecular weight is 363 g/mol. The molecule has 0 aliphatic rings. The van der Waals surface area contributed by atoms with Crippen LogP contribution in [0.3, 0.4) is 0 Å². The highest BCUT2D eigenvalue weighted by molar-refractivity contribution is 5.92. The fourth-order valence-corrected chi connectivity index (χ4v) is 2.79. The second-order valence-corrected chi connectivity index (χ2v) is 6.65. The van der Waals surface area contributed by atoms with Gasteiger partial charge in [-0.25, -0.2) is 9.37 Å². The van der Waals surface area contributed by atoms with Crippen molar-refractivity contribution in [1.82, 2.24) is 4.98 Å². The maximum absolute atomic E-state index is 12.9. The van der Waals surface area contributed by atoms with E-state index in [0.29, 0.717) is 17.4 Å². The molecule has 27 heavy (non-hydrogen) atoms. The summed E-state index contributed by atoms with van der Waals surface area (Å²) < 4.78 is 12.9. The molecule has 5 heteroatoms. The predicted molar refractivity (Wildman–Crippen MR) is 107 cm³/mol. The highest BCUT2D eigenvalue weighted by Crippen LogP contribution is 2.26. The summed E-state index contributed by atoms with van der Waals surface area (Å²) in [5, 5.41) is 6.12. The van der Waals surface area contributed by atoms with Crippen LogP contribution in [-0.2, 0) is 11.2 Å². The first-order valence-electron chi connectivity index (χ1n) is 8.87. The lowest BCUT2D eigenvalue weighted by Crippen LogP contribution is -2.14. The number of pyridine rings is 1. The molecular formula is C22H22FN3O. The van der Waals surface area contributed by atoms with Crippen LogP contribution >= 0.6 is 0 Å². The van der Waals surface area contributed by atoms with E-state index in [-0.39, 0.29) is 18.1 Å². The van der Waals surface area contributed by atoms with Gasteiger partial charge in [-0.1, -0.05) is 44.2 Å². The minimum Gasteiger partial charge on any atom is -0.340 e. The van der Waals surface area contributed by atoms with Crippen LogP contribution in [0.5, 0.6) is 0 Å². The highest BCUT2D eigenvalue weighted by Gasteiger charge is 2.08. The number of halogens is 1. The monoisotopic (exact) mass is 363 g/mol. The average Bonchev–Trinajstić information content (AvgIpc) is 2.65. The van der Waals surface area contributed by atoms with Crippen LogP contribution in [0.25, 0.3) is 0 Å². The van der Waals surface area contributed by atoms with Gasteiger partial charge in [0.2, 0.25) is 5.91 Å². The molecule has 1 amide bonds. The van der Waals surface area contributed by atoms with Gasteiger partial charge in [0.15, 0.2) is 0 Å². The van der Waals surface area contributed by atoms with Crippen molar-refractivity contribution in [2.45, 2.75) is 26.2 Å². The zero-order valence-electron chi connectivity index (χ0n) is 15.4. The number of carbonyl (C=O) groups excluding carboxylic acids is 1. The Morgan fingerprint density at radius 3 is 2.44 bits per heavy atom. The van der Waals surface area contributed by atoms with Gasteiger partial charge in [-0.05, 0) is 47.4 Å². The Morgan fingerprint density at radius 2 is 1.78 bits per heavy atom. The molecular weight excluding hydrogens is 341 g/mol. The maximum Gasteiger partial charge on any atom is 0.228 e. The smallest absolute Gasteiger partial charge is 0.228 e. The van der Waals surface area contributed by atoms with Crippen molar-refractivity contribution in [3.63, 3.8) is 0 Å². The number of anilines is 3. The van der Waals surface area contributed by atoms with Crippen LogP contribution < -0.4 is 10.6 Å². The van der Waals surface area contributed by atoms with Gasteiger partial charge in [0.05, 0.1) is 18.3 Å². The van der Waals surface area contributed by atoms with E-state index in [2.05, 4.69) is 35.5 Å². The van der Waals surface area contributed by atoms with Gasteiger partial charge in [-0.2, -0.15) is 0 Å². The third-order valence-corrected chi connectivity index (χ3v) is 4.17. The summed E-state index contributed by atoms with van der Waals surface area (Å²) in [6.45, 7) is 4.29. The normalized spacial score (nSPS) is 10.7. The van der Waals surface area contributed by atoms with E-state index in [9.17, 15) is 9.18 Å². The fourth-order valence-electron chi connectivity index (χ4n) is 2.79. The molecule has 0 aliphatic heterocycles. The van der Waals surface area contributed by atoms with Gasteiger partial charge in [0.1, 0.15) is 11.6 Å². The summed E-state index contributed by atoms with van der Waals surface area (Å²) in [6, 6.07) is 17.6. The van der Waals surface area contributed by atoms with Gasteiger partial charge in [-0.15, -0.1) is 0 Å². The van der Waals surface area contributed by atoms with Gasteiger partial charge < -0.3 is 10.6 Å². The third kappa shape index (κ3) is 5.14.